The van der Waals surface area contributed by atoms with E-state index in [2.05, 4.69) is 0 Å². The summed E-state index contributed by atoms with van der Waals surface area (Å²) < 4.78 is 0. The van der Waals surface area contributed by atoms with E-state index in [-0.39, 0.29) is 28.6 Å². The molecule has 0 saturated carbocycles. The van der Waals surface area contributed by atoms with E-state index in [0.717, 1.165) is 12.1 Å². The fourth-order valence-corrected chi connectivity index (χ4v) is 1.92. The Labute approximate surface area is 109 Å². The van der Waals surface area contributed by atoms with Gasteiger partial charge in [-0.05, 0) is 17.7 Å². The molecule has 0 aliphatic heterocycles. The molecular weight excluding hydrogens is 248 g/mol. The highest BCUT2D eigenvalue weighted by Gasteiger charge is 2.21. The van der Waals surface area contributed by atoms with Gasteiger partial charge in [-0.3, -0.25) is 0 Å². The van der Waals surface area contributed by atoms with Crippen LogP contribution in [0.15, 0.2) is 36.4 Å². The Hall–Kier alpha value is -2.69. The molecule has 98 valence electrons. The summed E-state index contributed by atoms with van der Waals surface area (Å²) in [6.07, 6.45) is 0.568. The van der Waals surface area contributed by atoms with Gasteiger partial charge in [0.15, 0.2) is 0 Å². The van der Waals surface area contributed by atoms with Crippen molar-refractivity contribution in [1.29, 1.82) is 0 Å². The molecule has 2 aromatic carbocycles. The van der Waals surface area contributed by atoms with E-state index >= 15 is 0 Å². The van der Waals surface area contributed by atoms with Crippen molar-refractivity contribution in [3.05, 3.63) is 47.5 Å². The third-order valence-electron chi connectivity index (χ3n) is 2.82. The minimum atomic E-state index is -0.888. The molecular formula is C14H12O5. The highest BCUT2D eigenvalue weighted by Crippen LogP contribution is 2.39. The van der Waals surface area contributed by atoms with Gasteiger partial charge in [-0.2, -0.15) is 0 Å². The lowest BCUT2D eigenvalue weighted by molar-refractivity contribution is -0.108. The quantitative estimate of drug-likeness (QED) is 0.631. The molecule has 0 amide bonds. The molecule has 2 rings (SSSR count). The fourth-order valence-electron chi connectivity index (χ4n) is 1.92. The van der Waals surface area contributed by atoms with E-state index in [0.29, 0.717) is 11.8 Å². The Bertz CT molecular complexity index is 581. The van der Waals surface area contributed by atoms with Crippen molar-refractivity contribution in [2.45, 2.75) is 5.92 Å². The zero-order valence-corrected chi connectivity index (χ0v) is 9.82. The smallest absolute Gasteiger partial charge is 0.132 e. The summed E-state index contributed by atoms with van der Waals surface area (Å²) in [7, 11) is 0. The summed E-state index contributed by atoms with van der Waals surface area (Å²) in [6, 6.07) is 7.93. The number of hydrogen-bond donors (Lipinski definition) is 4. The van der Waals surface area contributed by atoms with Gasteiger partial charge in [-0.15, -0.1) is 0 Å². The van der Waals surface area contributed by atoms with Crippen molar-refractivity contribution in [2.75, 3.05) is 0 Å². The molecule has 0 radical (unpaired) electrons. The highest BCUT2D eigenvalue weighted by atomic mass is 16.3. The molecule has 0 saturated heterocycles. The Morgan fingerprint density at radius 2 is 1.37 bits per heavy atom. The van der Waals surface area contributed by atoms with Gasteiger partial charge in [0, 0.05) is 12.1 Å². The third kappa shape index (κ3) is 2.44. The number of aromatic hydroxyl groups is 4. The van der Waals surface area contributed by atoms with Gasteiger partial charge in [0.2, 0.25) is 0 Å². The summed E-state index contributed by atoms with van der Waals surface area (Å²) in [5, 5.41) is 38.0. The first-order valence-electron chi connectivity index (χ1n) is 5.52. The molecule has 1 atom stereocenters. The SMILES string of the molecule is O=CC(c1ccc(O)cc1)c1c(O)cc(O)cc1O. The number of hydrogen-bond acceptors (Lipinski definition) is 5. The predicted molar refractivity (Wildman–Crippen MR) is 67.5 cm³/mol. The second kappa shape index (κ2) is 4.89. The molecule has 0 fully saturated rings. The summed E-state index contributed by atoms with van der Waals surface area (Å²) in [5.74, 6) is -1.88. The number of carbonyl (C=O) groups excluding carboxylic acids is 1. The van der Waals surface area contributed by atoms with Gasteiger partial charge in [-0.1, -0.05) is 12.1 Å². The topological polar surface area (TPSA) is 98.0 Å². The van der Waals surface area contributed by atoms with Crippen LogP contribution in [0.5, 0.6) is 23.0 Å². The maximum atomic E-state index is 11.2. The minimum Gasteiger partial charge on any atom is -0.508 e. The van der Waals surface area contributed by atoms with Gasteiger partial charge in [0.25, 0.3) is 0 Å². The van der Waals surface area contributed by atoms with E-state index in [4.69, 9.17) is 0 Å². The van der Waals surface area contributed by atoms with E-state index in [1.165, 1.54) is 24.3 Å². The number of carbonyl (C=O) groups is 1. The van der Waals surface area contributed by atoms with Crippen LogP contribution in [0.25, 0.3) is 0 Å². The fraction of sp³-hybridized carbons (Fsp3) is 0.0714. The van der Waals surface area contributed by atoms with E-state index in [1.54, 1.807) is 0 Å². The Morgan fingerprint density at radius 3 is 1.84 bits per heavy atom. The second-order valence-electron chi connectivity index (χ2n) is 4.10. The maximum absolute atomic E-state index is 11.2. The highest BCUT2D eigenvalue weighted by molar-refractivity contribution is 5.73. The molecule has 19 heavy (non-hydrogen) atoms. The largest absolute Gasteiger partial charge is 0.508 e. The number of rotatable bonds is 3. The standard InChI is InChI=1S/C14H12O5/c15-7-11(8-1-3-9(16)4-2-8)14-12(18)5-10(17)6-13(14)19/h1-7,11,16-19H. The van der Waals surface area contributed by atoms with Crippen molar-refractivity contribution >= 4 is 6.29 Å². The van der Waals surface area contributed by atoms with Gasteiger partial charge >= 0.3 is 0 Å². The molecule has 4 N–H and O–H groups in total. The molecule has 0 aliphatic carbocycles. The lowest BCUT2D eigenvalue weighted by Gasteiger charge is -2.15. The molecule has 0 aliphatic rings. The van der Waals surface area contributed by atoms with Crippen LogP contribution in [-0.2, 0) is 4.79 Å². The van der Waals surface area contributed by atoms with Gasteiger partial charge in [-0.25, -0.2) is 0 Å². The first-order chi connectivity index (χ1) is 9.02. The average Bonchev–Trinajstić information content (AvgIpc) is 2.35. The lowest BCUT2D eigenvalue weighted by atomic mass is 9.91. The van der Waals surface area contributed by atoms with Crippen LogP contribution >= 0.6 is 0 Å². The molecule has 2 aromatic rings. The average molecular weight is 260 g/mol. The van der Waals surface area contributed by atoms with E-state index in [1.807, 2.05) is 0 Å². The van der Waals surface area contributed by atoms with Gasteiger partial charge < -0.3 is 25.2 Å². The molecule has 0 aromatic heterocycles. The van der Waals surface area contributed by atoms with Crippen molar-refractivity contribution in [3.8, 4) is 23.0 Å². The van der Waals surface area contributed by atoms with Crippen LogP contribution in [0.4, 0.5) is 0 Å². The Balaban J connectivity index is 2.54. The van der Waals surface area contributed by atoms with Crippen LogP contribution in [-0.4, -0.2) is 26.7 Å². The van der Waals surface area contributed by atoms with Crippen LogP contribution in [0, 0.1) is 0 Å². The third-order valence-corrected chi connectivity index (χ3v) is 2.82. The van der Waals surface area contributed by atoms with E-state index in [9.17, 15) is 25.2 Å². The van der Waals surface area contributed by atoms with Crippen LogP contribution in [0.1, 0.15) is 17.0 Å². The van der Waals surface area contributed by atoms with Crippen LogP contribution in [0.2, 0.25) is 0 Å². The first kappa shape index (κ1) is 12.8. The maximum Gasteiger partial charge on any atom is 0.132 e. The van der Waals surface area contributed by atoms with Gasteiger partial charge in [0.05, 0.1) is 11.5 Å². The monoisotopic (exact) mass is 260 g/mol. The molecule has 5 heteroatoms. The molecule has 1 unspecified atom stereocenters. The first-order valence-corrected chi connectivity index (χ1v) is 5.52. The number of benzene rings is 2. The van der Waals surface area contributed by atoms with Gasteiger partial charge in [0.1, 0.15) is 29.3 Å². The molecule has 5 nitrogen and oxygen atoms in total. The molecule has 0 bridgehead atoms. The number of phenolic OH excluding ortho intramolecular Hbond substituents is 4. The summed E-state index contributed by atoms with van der Waals surface area (Å²) in [4.78, 5) is 11.2. The predicted octanol–water partition coefficient (Wildman–Crippen LogP) is 1.84. The number of aldehydes is 1. The minimum absolute atomic E-state index is 0.0125. The zero-order chi connectivity index (χ0) is 14.0. The summed E-state index contributed by atoms with van der Waals surface area (Å²) >= 11 is 0. The molecule has 0 spiro atoms. The van der Waals surface area contributed by atoms with E-state index < -0.39 is 5.92 Å². The summed E-state index contributed by atoms with van der Waals surface area (Å²) in [6.45, 7) is 0. The Kier molecular flexibility index (Phi) is 3.29. The summed E-state index contributed by atoms with van der Waals surface area (Å²) in [5.41, 5.74) is 0.516. The van der Waals surface area contributed by atoms with Crippen molar-refractivity contribution in [2.24, 2.45) is 0 Å². The second-order valence-corrected chi connectivity index (χ2v) is 4.10. The van der Waals surface area contributed by atoms with Crippen molar-refractivity contribution in [1.82, 2.24) is 0 Å². The normalized spacial score (nSPS) is 12.0. The van der Waals surface area contributed by atoms with Crippen LogP contribution in [0.3, 0.4) is 0 Å². The Morgan fingerprint density at radius 1 is 0.842 bits per heavy atom. The van der Waals surface area contributed by atoms with Crippen LogP contribution < -0.4 is 0 Å². The van der Waals surface area contributed by atoms with Crippen molar-refractivity contribution in [3.63, 3.8) is 0 Å². The van der Waals surface area contributed by atoms with Crippen molar-refractivity contribution < 1.29 is 25.2 Å². The lowest BCUT2D eigenvalue weighted by Crippen LogP contribution is -2.03. The zero-order valence-electron chi connectivity index (χ0n) is 9.82. The molecule has 0 heterocycles. The number of phenols is 4.